The second-order valence-corrected chi connectivity index (χ2v) is 9.48. The predicted molar refractivity (Wildman–Crippen MR) is 127 cm³/mol. The van der Waals surface area contributed by atoms with Crippen LogP contribution in [0.2, 0.25) is 5.02 Å². The zero-order valence-electron chi connectivity index (χ0n) is 18.8. The molecule has 1 saturated carbocycles. The molecule has 178 valence electrons. The molecule has 7 rings (SSSR count). The minimum absolute atomic E-state index is 0.143. The summed E-state index contributed by atoms with van der Waals surface area (Å²) in [5.74, 6) is 1.08. The highest BCUT2D eigenvalue weighted by Gasteiger charge is 2.55. The average Bonchev–Trinajstić information content (AvgIpc) is 3.20. The van der Waals surface area contributed by atoms with Crippen molar-refractivity contribution in [1.82, 2.24) is 44.7 Å². The molecule has 5 heterocycles. The SMILES string of the molecule is Cc1ccc(-c2cnc(C3C4CC4c4nc(-c5cc(Cl)ccc5-n5cnnn5)cc(=O)n43)[nH]2)c(F)n1. The van der Waals surface area contributed by atoms with Crippen molar-refractivity contribution in [2.45, 2.75) is 25.3 Å². The van der Waals surface area contributed by atoms with Crippen LogP contribution in [0.15, 0.2) is 53.7 Å². The van der Waals surface area contributed by atoms with Gasteiger partial charge in [-0.3, -0.25) is 9.36 Å². The Morgan fingerprint density at radius 2 is 2.03 bits per heavy atom. The Morgan fingerprint density at radius 3 is 2.83 bits per heavy atom. The Hall–Kier alpha value is -4.25. The van der Waals surface area contributed by atoms with Crippen LogP contribution in [0, 0.1) is 18.8 Å². The van der Waals surface area contributed by atoms with Crippen molar-refractivity contribution in [1.29, 1.82) is 0 Å². The maximum Gasteiger partial charge on any atom is 0.254 e. The fraction of sp³-hybridized carbons (Fsp3) is 0.208. The van der Waals surface area contributed by atoms with Crippen molar-refractivity contribution in [2.24, 2.45) is 5.92 Å². The molecule has 10 nitrogen and oxygen atoms in total. The first kappa shape index (κ1) is 21.1. The molecule has 3 atom stereocenters. The first-order valence-corrected chi connectivity index (χ1v) is 11.7. The van der Waals surface area contributed by atoms with E-state index in [1.54, 1.807) is 48.0 Å². The van der Waals surface area contributed by atoms with Crippen LogP contribution < -0.4 is 5.56 Å². The summed E-state index contributed by atoms with van der Waals surface area (Å²) in [6.07, 6.45) is 3.95. The van der Waals surface area contributed by atoms with Crippen LogP contribution in [0.25, 0.3) is 28.2 Å². The monoisotopic (exact) mass is 501 g/mol. The summed E-state index contributed by atoms with van der Waals surface area (Å²) in [5.41, 5.74) is 3.06. The number of aromatic nitrogens is 9. The quantitative estimate of drug-likeness (QED) is 0.374. The topological polar surface area (TPSA) is 120 Å². The van der Waals surface area contributed by atoms with Crippen LogP contribution in [-0.2, 0) is 0 Å². The highest BCUT2D eigenvalue weighted by molar-refractivity contribution is 6.31. The molecular formula is C24H17ClFN9O. The van der Waals surface area contributed by atoms with Crippen molar-refractivity contribution >= 4 is 11.6 Å². The molecule has 0 radical (unpaired) electrons. The number of fused-ring (bicyclic) bond motifs is 3. The number of aryl methyl sites for hydroxylation is 1. The van der Waals surface area contributed by atoms with Gasteiger partial charge in [-0.25, -0.2) is 15.0 Å². The van der Waals surface area contributed by atoms with E-state index in [2.05, 4.69) is 30.5 Å². The Bertz CT molecular complexity index is 1710. The minimum atomic E-state index is -0.565. The van der Waals surface area contributed by atoms with E-state index in [-0.39, 0.29) is 23.4 Å². The van der Waals surface area contributed by atoms with E-state index in [9.17, 15) is 9.18 Å². The number of benzene rings is 1. The molecule has 5 aromatic rings. The molecule has 1 fully saturated rings. The van der Waals surface area contributed by atoms with Crippen LogP contribution >= 0.6 is 11.6 Å². The number of pyridine rings is 1. The smallest absolute Gasteiger partial charge is 0.254 e. The van der Waals surface area contributed by atoms with Crippen LogP contribution in [-0.4, -0.2) is 44.7 Å². The van der Waals surface area contributed by atoms with Gasteiger partial charge in [-0.15, -0.1) is 5.10 Å². The Morgan fingerprint density at radius 1 is 1.14 bits per heavy atom. The van der Waals surface area contributed by atoms with Crippen LogP contribution in [0.3, 0.4) is 0 Å². The van der Waals surface area contributed by atoms with Gasteiger partial charge < -0.3 is 4.98 Å². The molecule has 1 aromatic carbocycles. The maximum atomic E-state index is 14.4. The third kappa shape index (κ3) is 3.19. The van der Waals surface area contributed by atoms with Gasteiger partial charge >= 0.3 is 0 Å². The molecule has 12 heteroatoms. The number of nitrogens with one attached hydrogen (secondary N) is 1. The van der Waals surface area contributed by atoms with E-state index in [1.807, 2.05) is 0 Å². The van der Waals surface area contributed by atoms with Crippen molar-refractivity contribution in [3.8, 4) is 28.2 Å². The zero-order valence-corrected chi connectivity index (χ0v) is 19.6. The van der Waals surface area contributed by atoms with E-state index in [0.29, 0.717) is 50.6 Å². The molecular weight excluding hydrogens is 485 g/mol. The van der Waals surface area contributed by atoms with Gasteiger partial charge in [0.15, 0.2) is 0 Å². The summed E-state index contributed by atoms with van der Waals surface area (Å²) in [4.78, 5) is 30.0. The molecule has 4 aromatic heterocycles. The molecule has 1 N–H and O–H groups in total. The second kappa shape index (κ2) is 7.62. The van der Waals surface area contributed by atoms with E-state index in [0.717, 1.165) is 6.42 Å². The van der Waals surface area contributed by atoms with Gasteiger partial charge in [0.1, 0.15) is 18.0 Å². The number of halogens is 2. The minimum Gasteiger partial charge on any atom is -0.340 e. The van der Waals surface area contributed by atoms with Gasteiger partial charge in [0.25, 0.3) is 5.56 Å². The Labute approximate surface area is 207 Å². The number of tetrazole rings is 1. The highest BCUT2D eigenvalue weighted by Crippen LogP contribution is 2.59. The van der Waals surface area contributed by atoms with E-state index in [1.165, 1.54) is 17.1 Å². The number of imidazole rings is 1. The number of hydrogen-bond acceptors (Lipinski definition) is 7. The van der Waals surface area contributed by atoms with Gasteiger partial charge in [0, 0.05) is 28.3 Å². The highest BCUT2D eigenvalue weighted by atomic mass is 35.5. The molecule has 0 saturated heterocycles. The van der Waals surface area contributed by atoms with Gasteiger partial charge in [-0.05, 0) is 60.0 Å². The molecule has 1 aliphatic carbocycles. The van der Waals surface area contributed by atoms with Crippen LogP contribution in [0.4, 0.5) is 4.39 Å². The first-order chi connectivity index (χ1) is 17.5. The molecule has 36 heavy (non-hydrogen) atoms. The van der Waals surface area contributed by atoms with Crippen LogP contribution in [0.1, 0.15) is 35.7 Å². The summed E-state index contributed by atoms with van der Waals surface area (Å²) < 4.78 is 17.6. The summed E-state index contributed by atoms with van der Waals surface area (Å²) in [7, 11) is 0. The standard InChI is InChI=1S/C24H17ClFN9O/c1-11-2-4-13(22(26)29-11)18-9-27-23(30-18)21-14-7-15(14)24-31-17(8-20(36)35(21)24)16-6-12(25)3-5-19(16)34-10-28-32-33-34/h2-6,8-10,14-15,21H,7H2,1H3,(H,27,30). The normalized spacial score (nSPS) is 19.8. The number of aromatic amines is 1. The number of rotatable bonds is 4. The van der Waals surface area contributed by atoms with E-state index in [4.69, 9.17) is 16.6 Å². The van der Waals surface area contributed by atoms with Crippen molar-refractivity contribution in [3.05, 3.63) is 87.6 Å². The lowest BCUT2D eigenvalue weighted by Crippen LogP contribution is -2.27. The predicted octanol–water partition coefficient (Wildman–Crippen LogP) is 3.48. The van der Waals surface area contributed by atoms with Crippen molar-refractivity contribution in [2.75, 3.05) is 0 Å². The molecule has 0 spiro atoms. The lowest BCUT2D eigenvalue weighted by atomic mass is 10.1. The fourth-order valence-electron chi connectivity index (χ4n) is 5.10. The van der Waals surface area contributed by atoms with Crippen LogP contribution in [0.5, 0.6) is 0 Å². The molecule has 2 aliphatic rings. The Kier molecular flexibility index (Phi) is 4.46. The Balaban J connectivity index is 1.31. The summed E-state index contributed by atoms with van der Waals surface area (Å²) in [6.45, 7) is 1.73. The van der Waals surface area contributed by atoms with Crippen molar-refractivity contribution in [3.63, 3.8) is 0 Å². The van der Waals surface area contributed by atoms with E-state index >= 15 is 0 Å². The largest absolute Gasteiger partial charge is 0.340 e. The lowest BCUT2D eigenvalue weighted by Gasteiger charge is -2.17. The number of hydrogen-bond donors (Lipinski definition) is 1. The third-order valence-electron chi connectivity index (χ3n) is 6.82. The van der Waals surface area contributed by atoms with Gasteiger partial charge in [0.2, 0.25) is 5.95 Å². The fourth-order valence-corrected chi connectivity index (χ4v) is 5.27. The molecule has 3 unspecified atom stereocenters. The average molecular weight is 502 g/mol. The van der Waals surface area contributed by atoms with Crippen molar-refractivity contribution < 1.29 is 4.39 Å². The number of nitrogens with zero attached hydrogens (tertiary/aromatic N) is 8. The zero-order chi connectivity index (χ0) is 24.6. The summed E-state index contributed by atoms with van der Waals surface area (Å²) in [5, 5.41) is 11.9. The van der Waals surface area contributed by atoms with Gasteiger partial charge in [0.05, 0.1) is 34.9 Å². The first-order valence-electron chi connectivity index (χ1n) is 11.3. The summed E-state index contributed by atoms with van der Waals surface area (Å²) in [6, 6.07) is 9.88. The molecule has 0 bridgehead atoms. The molecule has 1 aliphatic heterocycles. The number of H-pyrrole nitrogens is 1. The maximum absolute atomic E-state index is 14.4. The lowest BCUT2D eigenvalue weighted by molar-refractivity contribution is 0.509. The second-order valence-electron chi connectivity index (χ2n) is 9.05. The van der Waals surface area contributed by atoms with Gasteiger partial charge in [-0.2, -0.15) is 9.07 Å². The third-order valence-corrected chi connectivity index (χ3v) is 7.05. The molecule has 0 amide bonds. The summed E-state index contributed by atoms with van der Waals surface area (Å²) >= 11 is 6.28. The van der Waals surface area contributed by atoms with E-state index < -0.39 is 5.95 Å². The van der Waals surface area contributed by atoms with Gasteiger partial charge in [-0.1, -0.05) is 11.6 Å².